The summed E-state index contributed by atoms with van der Waals surface area (Å²) in [5, 5.41) is 13.0. The lowest BCUT2D eigenvalue weighted by Gasteiger charge is -2.37. The van der Waals surface area contributed by atoms with E-state index < -0.39 is 11.5 Å². The van der Waals surface area contributed by atoms with Crippen LogP contribution in [-0.4, -0.2) is 36.2 Å². The SMILES string of the molecule is CC(C)NC(CN(C)c1cccc(F)c1)(C(=O)O)C1CC1. The highest BCUT2D eigenvalue weighted by atomic mass is 19.1. The second-order valence-electron chi connectivity index (χ2n) is 6.19. The van der Waals surface area contributed by atoms with Gasteiger partial charge in [0.05, 0.1) is 0 Å². The summed E-state index contributed by atoms with van der Waals surface area (Å²) in [6.45, 7) is 4.21. The molecule has 1 aromatic carbocycles. The minimum absolute atomic E-state index is 0.0719. The molecule has 5 heteroatoms. The molecule has 116 valence electrons. The number of hydrogen-bond donors (Lipinski definition) is 2. The normalized spacial score (nSPS) is 17.6. The van der Waals surface area contributed by atoms with Crippen LogP contribution >= 0.6 is 0 Å². The van der Waals surface area contributed by atoms with E-state index in [4.69, 9.17) is 0 Å². The van der Waals surface area contributed by atoms with E-state index in [-0.39, 0.29) is 17.8 Å². The lowest BCUT2D eigenvalue weighted by molar-refractivity contribution is -0.145. The highest BCUT2D eigenvalue weighted by Crippen LogP contribution is 2.41. The molecule has 0 amide bonds. The zero-order chi connectivity index (χ0) is 15.6. The van der Waals surface area contributed by atoms with E-state index in [2.05, 4.69) is 5.32 Å². The number of carbonyl (C=O) groups is 1. The Hall–Kier alpha value is -1.62. The fourth-order valence-electron chi connectivity index (χ4n) is 2.87. The Labute approximate surface area is 125 Å². The number of carboxylic acids is 1. The van der Waals surface area contributed by atoms with Crippen LogP contribution in [0.4, 0.5) is 10.1 Å². The van der Waals surface area contributed by atoms with Crippen LogP contribution in [0.3, 0.4) is 0 Å². The van der Waals surface area contributed by atoms with Crippen molar-refractivity contribution < 1.29 is 14.3 Å². The number of hydrogen-bond acceptors (Lipinski definition) is 3. The monoisotopic (exact) mass is 294 g/mol. The number of rotatable bonds is 7. The molecule has 1 aliphatic rings. The van der Waals surface area contributed by atoms with Crippen LogP contribution in [0.2, 0.25) is 0 Å². The molecular weight excluding hydrogens is 271 g/mol. The molecule has 1 saturated carbocycles. The summed E-state index contributed by atoms with van der Waals surface area (Å²) in [7, 11) is 1.80. The third kappa shape index (κ3) is 3.53. The average Bonchev–Trinajstić information content (AvgIpc) is 3.21. The molecular formula is C16H23FN2O2. The largest absolute Gasteiger partial charge is 0.480 e. The van der Waals surface area contributed by atoms with Crippen molar-refractivity contribution in [2.45, 2.75) is 38.3 Å². The maximum atomic E-state index is 13.3. The van der Waals surface area contributed by atoms with Gasteiger partial charge in [-0.2, -0.15) is 0 Å². The Kier molecular flexibility index (Phi) is 4.52. The van der Waals surface area contributed by atoms with Gasteiger partial charge in [-0.05, 0) is 50.8 Å². The molecule has 0 bridgehead atoms. The van der Waals surface area contributed by atoms with Crippen LogP contribution < -0.4 is 10.2 Å². The van der Waals surface area contributed by atoms with Crippen molar-refractivity contribution in [2.75, 3.05) is 18.5 Å². The number of benzene rings is 1. The molecule has 0 saturated heterocycles. The predicted molar refractivity (Wildman–Crippen MR) is 81.0 cm³/mol. The second-order valence-corrected chi connectivity index (χ2v) is 6.19. The van der Waals surface area contributed by atoms with Gasteiger partial charge >= 0.3 is 5.97 Å². The Morgan fingerprint density at radius 1 is 1.52 bits per heavy atom. The molecule has 0 spiro atoms. The summed E-state index contributed by atoms with van der Waals surface area (Å²) in [5.74, 6) is -1.01. The van der Waals surface area contributed by atoms with Gasteiger partial charge in [-0.1, -0.05) is 6.07 Å². The van der Waals surface area contributed by atoms with Gasteiger partial charge in [0.25, 0.3) is 0 Å². The van der Waals surface area contributed by atoms with Crippen molar-refractivity contribution in [3.63, 3.8) is 0 Å². The highest BCUT2D eigenvalue weighted by Gasteiger charge is 2.52. The minimum atomic E-state index is -0.977. The van der Waals surface area contributed by atoms with Crippen LogP contribution in [0.1, 0.15) is 26.7 Å². The first-order chi connectivity index (χ1) is 9.85. The molecule has 0 aliphatic heterocycles. The summed E-state index contributed by atoms with van der Waals surface area (Å²) in [4.78, 5) is 13.7. The number of anilines is 1. The standard InChI is InChI=1S/C16H23FN2O2/c1-11(2)18-16(15(20)21,12-7-8-12)10-19(3)14-6-4-5-13(17)9-14/h4-6,9,11-12,18H,7-8,10H2,1-3H3,(H,20,21). The molecule has 1 unspecified atom stereocenters. The van der Waals surface area contributed by atoms with E-state index in [0.717, 1.165) is 12.8 Å². The van der Waals surface area contributed by atoms with Crippen molar-refractivity contribution in [1.29, 1.82) is 0 Å². The van der Waals surface area contributed by atoms with Crippen molar-refractivity contribution in [2.24, 2.45) is 5.92 Å². The zero-order valence-corrected chi connectivity index (χ0v) is 12.8. The molecule has 0 radical (unpaired) electrons. The van der Waals surface area contributed by atoms with Crippen molar-refractivity contribution in [1.82, 2.24) is 5.32 Å². The number of likely N-dealkylation sites (N-methyl/N-ethyl adjacent to an activating group) is 1. The maximum Gasteiger partial charge on any atom is 0.326 e. The third-order valence-electron chi connectivity index (χ3n) is 3.94. The van der Waals surface area contributed by atoms with Gasteiger partial charge in [0.15, 0.2) is 0 Å². The Morgan fingerprint density at radius 2 is 2.19 bits per heavy atom. The lowest BCUT2D eigenvalue weighted by Crippen LogP contribution is -2.62. The topological polar surface area (TPSA) is 52.6 Å². The molecule has 0 aromatic heterocycles. The summed E-state index contributed by atoms with van der Waals surface area (Å²) in [6.07, 6.45) is 1.84. The van der Waals surface area contributed by atoms with Crippen molar-refractivity contribution >= 4 is 11.7 Å². The first-order valence-electron chi connectivity index (χ1n) is 7.33. The fourth-order valence-corrected chi connectivity index (χ4v) is 2.87. The van der Waals surface area contributed by atoms with E-state index in [1.54, 1.807) is 19.2 Å². The molecule has 2 N–H and O–H groups in total. The van der Waals surface area contributed by atoms with Crippen LogP contribution in [0.15, 0.2) is 24.3 Å². The molecule has 4 nitrogen and oxygen atoms in total. The van der Waals surface area contributed by atoms with E-state index in [1.165, 1.54) is 12.1 Å². The highest BCUT2D eigenvalue weighted by molar-refractivity contribution is 5.81. The molecule has 1 atom stereocenters. The quantitative estimate of drug-likeness (QED) is 0.811. The Balaban J connectivity index is 2.23. The van der Waals surface area contributed by atoms with E-state index in [1.807, 2.05) is 18.7 Å². The Morgan fingerprint density at radius 3 is 2.67 bits per heavy atom. The zero-order valence-electron chi connectivity index (χ0n) is 12.8. The van der Waals surface area contributed by atoms with Crippen LogP contribution in [-0.2, 0) is 4.79 Å². The summed E-state index contributed by atoms with van der Waals surface area (Å²) in [5.41, 5.74) is -0.290. The smallest absolute Gasteiger partial charge is 0.326 e. The summed E-state index contributed by atoms with van der Waals surface area (Å²) in [6, 6.07) is 6.31. The molecule has 1 aromatic rings. The number of nitrogens with one attached hydrogen (secondary N) is 1. The van der Waals surface area contributed by atoms with Crippen LogP contribution in [0.25, 0.3) is 0 Å². The van der Waals surface area contributed by atoms with Crippen molar-refractivity contribution in [3.8, 4) is 0 Å². The molecule has 1 fully saturated rings. The van der Waals surface area contributed by atoms with Gasteiger partial charge in [-0.15, -0.1) is 0 Å². The average molecular weight is 294 g/mol. The Bertz CT molecular complexity index is 517. The molecule has 2 rings (SSSR count). The molecule has 1 aliphatic carbocycles. The van der Waals surface area contributed by atoms with E-state index >= 15 is 0 Å². The van der Waals surface area contributed by atoms with Crippen LogP contribution in [0, 0.1) is 11.7 Å². The number of nitrogens with zero attached hydrogens (tertiary/aromatic N) is 1. The maximum absolute atomic E-state index is 13.3. The summed E-state index contributed by atoms with van der Waals surface area (Å²) < 4.78 is 13.3. The first kappa shape index (κ1) is 15.8. The number of aliphatic carboxylic acids is 1. The van der Waals surface area contributed by atoms with Gasteiger partial charge in [-0.3, -0.25) is 10.1 Å². The van der Waals surface area contributed by atoms with Crippen LogP contribution in [0.5, 0.6) is 0 Å². The lowest BCUT2D eigenvalue weighted by atomic mass is 9.91. The molecule has 0 heterocycles. The van der Waals surface area contributed by atoms with Crippen molar-refractivity contribution in [3.05, 3.63) is 30.1 Å². The van der Waals surface area contributed by atoms with Gasteiger partial charge in [-0.25, -0.2) is 4.39 Å². The predicted octanol–water partition coefficient (Wildman–Crippen LogP) is 2.49. The van der Waals surface area contributed by atoms with Gasteiger partial charge in [0, 0.05) is 25.3 Å². The van der Waals surface area contributed by atoms with E-state index in [0.29, 0.717) is 12.2 Å². The number of carboxylic acid groups (broad SMARTS) is 1. The number of halogens is 1. The summed E-state index contributed by atoms with van der Waals surface area (Å²) >= 11 is 0. The third-order valence-corrected chi connectivity index (χ3v) is 3.94. The minimum Gasteiger partial charge on any atom is -0.480 e. The van der Waals surface area contributed by atoms with E-state index in [9.17, 15) is 14.3 Å². The fraction of sp³-hybridized carbons (Fsp3) is 0.562. The van der Waals surface area contributed by atoms with Gasteiger partial charge < -0.3 is 10.0 Å². The van der Waals surface area contributed by atoms with Gasteiger partial charge in [0.2, 0.25) is 0 Å². The second kappa shape index (κ2) is 6.02. The van der Waals surface area contributed by atoms with Gasteiger partial charge in [0.1, 0.15) is 11.4 Å². The first-order valence-corrected chi connectivity index (χ1v) is 7.33. The molecule has 21 heavy (non-hydrogen) atoms.